The van der Waals surface area contributed by atoms with E-state index in [1.165, 1.54) is 0 Å². The van der Waals surface area contributed by atoms with E-state index in [0.29, 0.717) is 0 Å². The standard InChI is InChI=1S/C39H24O2/c40-39(33-21-8-5-14-26(33)27-15-6-9-22-34(27)39)37-30-18-4-2-13-25(30)24-12-1-3-17-29(24)36(37)32-20-11-19-31-28-16-7-10-23-35(28)41-38(31)32/h1-23,40H. The van der Waals surface area contributed by atoms with Crippen molar-refractivity contribution < 1.29 is 9.52 Å². The van der Waals surface area contributed by atoms with Crippen molar-refractivity contribution in [1.29, 1.82) is 0 Å². The summed E-state index contributed by atoms with van der Waals surface area (Å²) < 4.78 is 6.61. The van der Waals surface area contributed by atoms with Crippen LogP contribution >= 0.6 is 0 Å². The number of benzene rings is 7. The molecule has 0 radical (unpaired) electrons. The SMILES string of the molecule is OC1(c2c(-c3cccc4c3oc3ccccc34)c3ccccc3c3ccccc23)c2ccccc2-c2ccccc21. The highest BCUT2D eigenvalue weighted by molar-refractivity contribution is 6.20. The van der Waals surface area contributed by atoms with Crippen LogP contribution in [0.2, 0.25) is 0 Å². The molecule has 1 heterocycles. The van der Waals surface area contributed by atoms with Gasteiger partial charge in [-0.15, -0.1) is 0 Å². The van der Waals surface area contributed by atoms with Crippen molar-refractivity contribution in [2.75, 3.05) is 0 Å². The highest BCUT2D eigenvalue weighted by atomic mass is 16.3. The lowest BCUT2D eigenvalue weighted by Crippen LogP contribution is -2.27. The molecule has 7 aromatic carbocycles. The second kappa shape index (κ2) is 8.17. The first-order chi connectivity index (χ1) is 20.2. The van der Waals surface area contributed by atoms with Gasteiger partial charge < -0.3 is 9.52 Å². The predicted molar refractivity (Wildman–Crippen MR) is 168 cm³/mol. The first-order valence-electron chi connectivity index (χ1n) is 14.0. The van der Waals surface area contributed by atoms with E-state index in [4.69, 9.17) is 4.42 Å². The molecule has 0 spiro atoms. The van der Waals surface area contributed by atoms with Crippen molar-refractivity contribution in [3.63, 3.8) is 0 Å². The van der Waals surface area contributed by atoms with Crippen LogP contribution in [-0.4, -0.2) is 5.11 Å². The van der Waals surface area contributed by atoms with Crippen molar-refractivity contribution in [2.24, 2.45) is 0 Å². The van der Waals surface area contributed by atoms with Crippen LogP contribution in [0.3, 0.4) is 0 Å². The molecule has 2 heteroatoms. The van der Waals surface area contributed by atoms with Crippen LogP contribution in [0, 0.1) is 0 Å². The van der Waals surface area contributed by atoms with Gasteiger partial charge in [-0.05, 0) is 38.7 Å². The van der Waals surface area contributed by atoms with Crippen LogP contribution in [0.4, 0.5) is 0 Å². The zero-order valence-corrected chi connectivity index (χ0v) is 22.1. The Labute approximate surface area is 236 Å². The average molecular weight is 525 g/mol. The molecular formula is C39H24O2. The number of aliphatic hydroxyl groups is 1. The number of furan rings is 1. The van der Waals surface area contributed by atoms with E-state index >= 15 is 0 Å². The summed E-state index contributed by atoms with van der Waals surface area (Å²) in [6.45, 7) is 0. The Balaban J connectivity index is 1.54. The minimum Gasteiger partial charge on any atom is -0.455 e. The topological polar surface area (TPSA) is 33.4 Å². The summed E-state index contributed by atoms with van der Waals surface area (Å²) in [7, 11) is 0. The van der Waals surface area contributed by atoms with Gasteiger partial charge in [-0.1, -0.05) is 133 Å². The molecule has 1 aliphatic carbocycles. The van der Waals surface area contributed by atoms with Gasteiger partial charge in [0, 0.05) is 38.6 Å². The quantitative estimate of drug-likeness (QED) is 0.228. The Bertz CT molecular complexity index is 2290. The number of para-hydroxylation sites is 2. The maximum atomic E-state index is 13.3. The van der Waals surface area contributed by atoms with Crippen LogP contribution in [0.5, 0.6) is 0 Å². The van der Waals surface area contributed by atoms with Crippen molar-refractivity contribution in [2.45, 2.75) is 5.60 Å². The molecule has 41 heavy (non-hydrogen) atoms. The van der Waals surface area contributed by atoms with E-state index in [0.717, 1.165) is 82.4 Å². The molecule has 0 amide bonds. The molecular weight excluding hydrogens is 500 g/mol. The molecule has 1 aliphatic rings. The Morgan fingerprint density at radius 2 is 0.902 bits per heavy atom. The highest BCUT2D eigenvalue weighted by Crippen LogP contribution is 2.56. The maximum absolute atomic E-state index is 13.3. The van der Waals surface area contributed by atoms with Crippen LogP contribution < -0.4 is 0 Å². The number of rotatable bonds is 2. The number of hydrogen-bond acceptors (Lipinski definition) is 2. The average Bonchev–Trinajstić information content (AvgIpc) is 3.54. The van der Waals surface area contributed by atoms with Gasteiger partial charge in [-0.3, -0.25) is 0 Å². The zero-order chi connectivity index (χ0) is 27.1. The van der Waals surface area contributed by atoms with Gasteiger partial charge in [0.15, 0.2) is 0 Å². The van der Waals surface area contributed by atoms with E-state index in [9.17, 15) is 5.11 Å². The highest BCUT2D eigenvalue weighted by Gasteiger charge is 2.46. The van der Waals surface area contributed by atoms with Gasteiger partial charge in [0.2, 0.25) is 0 Å². The monoisotopic (exact) mass is 524 g/mol. The lowest BCUT2D eigenvalue weighted by molar-refractivity contribution is 0.133. The van der Waals surface area contributed by atoms with E-state index < -0.39 is 5.60 Å². The molecule has 1 N–H and O–H groups in total. The fourth-order valence-corrected chi connectivity index (χ4v) is 7.22. The van der Waals surface area contributed by atoms with Gasteiger partial charge in [0.25, 0.3) is 0 Å². The third kappa shape index (κ3) is 2.90. The van der Waals surface area contributed by atoms with Gasteiger partial charge in [-0.25, -0.2) is 0 Å². The summed E-state index contributed by atoms with van der Waals surface area (Å²) in [5.74, 6) is 0. The number of fused-ring (bicyclic) bond motifs is 9. The molecule has 0 saturated heterocycles. The first kappa shape index (κ1) is 22.6. The molecule has 0 fully saturated rings. The molecule has 0 atom stereocenters. The molecule has 1 aromatic heterocycles. The van der Waals surface area contributed by atoms with E-state index in [2.05, 4.69) is 115 Å². The zero-order valence-electron chi connectivity index (χ0n) is 22.1. The fourth-order valence-electron chi connectivity index (χ4n) is 7.22. The lowest BCUT2D eigenvalue weighted by Gasteiger charge is -2.31. The second-order valence-electron chi connectivity index (χ2n) is 10.9. The third-order valence-electron chi connectivity index (χ3n) is 8.89. The van der Waals surface area contributed by atoms with Crippen LogP contribution in [0.15, 0.2) is 144 Å². The van der Waals surface area contributed by atoms with E-state index in [1.54, 1.807) is 0 Å². The van der Waals surface area contributed by atoms with Gasteiger partial charge in [0.05, 0.1) is 0 Å². The summed E-state index contributed by atoms with van der Waals surface area (Å²) in [5, 5.41) is 19.9. The van der Waals surface area contributed by atoms with Crippen molar-refractivity contribution >= 4 is 43.5 Å². The van der Waals surface area contributed by atoms with E-state index in [-0.39, 0.29) is 0 Å². The minimum atomic E-state index is -1.37. The normalized spacial score (nSPS) is 13.7. The van der Waals surface area contributed by atoms with Crippen LogP contribution in [-0.2, 0) is 5.60 Å². The Morgan fingerprint density at radius 3 is 1.61 bits per heavy atom. The Morgan fingerprint density at radius 1 is 0.415 bits per heavy atom. The predicted octanol–water partition coefficient (Wildman–Crippen LogP) is 9.82. The van der Waals surface area contributed by atoms with Crippen molar-refractivity contribution in [3.8, 4) is 22.3 Å². The van der Waals surface area contributed by atoms with Gasteiger partial charge in [0.1, 0.15) is 16.8 Å². The molecule has 0 saturated carbocycles. The third-order valence-corrected chi connectivity index (χ3v) is 8.89. The second-order valence-corrected chi connectivity index (χ2v) is 10.9. The molecule has 8 aromatic rings. The minimum absolute atomic E-state index is 0.832. The van der Waals surface area contributed by atoms with E-state index in [1.807, 2.05) is 24.3 Å². The molecule has 2 nitrogen and oxygen atoms in total. The summed E-state index contributed by atoms with van der Waals surface area (Å²) in [6, 6.07) is 48.1. The largest absolute Gasteiger partial charge is 0.455 e. The first-order valence-corrected chi connectivity index (χ1v) is 14.0. The lowest BCUT2D eigenvalue weighted by atomic mass is 9.75. The summed E-state index contributed by atoms with van der Waals surface area (Å²) in [5.41, 5.74) is 7.11. The molecule has 0 aliphatic heterocycles. The van der Waals surface area contributed by atoms with Crippen molar-refractivity contribution in [1.82, 2.24) is 0 Å². The fraction of sp³-hybridized carbons (Fsp3) is 0.0256. The summed E-state index contributed by atoms with van der Waals surface area (Å²) in [6.07, 6.45) is 0. The Hall–Kier alpha value is -5.18. The molecule has 9 rings (SSSR count). The van der Waals surface area contributed by atoms with Crippen molar-refractivity contribution in [3.05, 3.63) is 156 Å². The number of hydrogen-bond donors (Lipinski definition) is 1. The maximum Gasteiger partial charge on any atom is 0.143 e. The smallest absolute Gasteiger partial charge is 0.143 e. The van der Waals surface area contributed by atoms with Gasteiger partial charge in [-0.2, -0.15) is 0 Å². The Kier molecular flexibility index (Phi) is 4.51. The molecule has 0 bridgehead atoms. The molecule has 192 valence electrons. The van der Waals surface area contributed by atoms with Crippen LogP contribution in [0.25, 0.3) is 65.7 Å². The van der Waals surface area contributed by atoms with Gasteiger partial charge >= 0.3 is 0 Å². The molecule has 0 unspecified atom stereocenters. The summed E-state index contributed by atoms with van der Waals surface area (Å²) in [4.78, 5) is 0. The van der Waals surface area contributed by atoms with Crippen LogP contribution in [0.1, 0.15) is 16.7 Å². The summed E-state index contributed by atoms with van der Waals surface area (Å²) >= 11 is 0.